The molecule has 120 valence electrons. The van der Waals surface area contributed by atoms with Crippen molar-refractivity contribution in [2.45, 2.75) is 71.9 Å². The summed E-state index contributed by atoms with van der Waals surface area (Å²) in [5, 5.41) is 3.41. The summed E-state index contributed by atoms with van der Waals surface area (Å²) in [6.07, 6.45) is 7.61. The van der Waals surface area contributed by atoms with Crippen molar-refractivity contribution in [3.63, 3.8) is 0 Å². The molecule has 2 rings (SSSR count). The number of nitrogens with zero attached hydrogens (tertiary/aromatic N) is 1. The summed E-state index contributed by atoms with van der Waals surface area (Å²) in [6.45, 7) is 11.6. The molecule has 0 spiro atoms. The van der Waals surface area contributed by atoms with Gasteiger partial charge in [0, 0.05) is 25.0 Å². The van der Waals surface area contributed by atoms with E-state index >= 15 is 0 Å². The maximum Gasteiger partial charge on any atom is 0.138 e. The summed E-state index contributed by atoms with van der Waals surface area (Å²) in [6, 6.07) is 0. The molecule has 0 bridgehead atoms. The van der Waals surface area contributed by atoms with E-state index in [9.17, 15) is 0 Å². The molecule has 0 unspecified atom stereocenters. The summed E-state index contributed by atoms with van der Waals surface area (Å²) in [4.78, 5) is 8.13. The van der Waals surface area contributed by atoms with Gasteiger partial charge in [0.2, 0.25) is 0 Å². The van der Waals surface area contributed by atoms with E-state index in [0.29, 0.717) is 5.41 Å². The first-order valence-electron chi connectivity index (χ1n) is 8.40. The van der Waals surface area contributed by atoms with E-state index in [1.807, 2.05) is 6.20 Å². The van der Waals surface area contributed by atoms with Gasteiger partial charge in [-0.25, -0.2) is 4.98 Å². The normalized spacial score (nSPS) is 20.6. The Bertz CT molecular complexity index is 429. The molecule has 1 aromatic heterocycles. The largest absolute Gasteiger partial charge is 0.367 e. The van der Waals surface area contributed by atoms with Crippen LogP contribution in [0.5, 0.6) is 0 Å². The van der Waals surface area contributed by atoms with E-state index in [4.69, 9.17) is 4.74 Å². The lowest BCUT2D eigenvalue weighted by Crippen LogP contribution is -2.38. The second-order valence-electron chi connectivity index (χ2n) is 7.03. The molecule has 2 N–H and O–H groups in total. The smallest absolute Gasteiger partial charge is 0.138 e. The minimum atomic E-state index is -0.201. The van der Waals surface area contributed by atoms with E-state index in [-0.39, 0.29) is 5.60 Å². The quantitative estimate of drug-likeness (QED) is 0.753. The monoisotopic (exact) mass is 293 g/mol. The Morgan fingerprint density at radius 1 is 1.24 bits per heavy atom. The number of ether oxygens (including phenoxy) is 1. The maximum atomic E-state index is 6.17. The van der Waals surface area contributed by atoms with E-state index in [1.165, 1.54) is 12.8 Å². The van der Waals surface area contributed by atoms with Crippen molar-refractivity contribution in [1.29, 1.82) is 0 Å². The predicted molar refractivity (Wildman–Crippen MR) is 86.1 cm³/mol. The van der Waals surface area contributed by atoms with Crippen molar-refractivity contribution < 1.29 is 4.74 Å². The van der Waals surface area contributed by atoms with Crippen molar-refractivity contribution >= 4 is 0 Å². The number of aromatic amines is 1. The van der Waals surface area contributed by atoms with Gasteiger partial charge >= 0.3 is 0 Å². The van der Waals surface area contributed by atoms with Crippen molar-refractivity contribution in [2.24, 2.45) is 5.41 Å². The molecule has 0 saturated heterocycles. The zero-order chi connectivity index (χ0) is 15.3. The van der Waals surface area contributed by atoms with Crippen LogP contribution >= 0.6 is 0 Å². The molecule has 1 heterocycles. The number of aromatic nitrogens is 2. The Hall–Kier alpha value is -0.870. The molecule has 1 saturated carbocycles. The lowest BCUT2D eigenvalue weighted by molar-refractivity contribution is -0.0943. The summed E-state index contributed by atoms with van der Waals surface area (Å²) < 4.78 is 6.17. The molecular weight excluding hydrogens is 262 g/mol. The number of hydrogen-bond acceptors (Lipinski definition) is 3. The molecular formula is C17H31N3O. The maximum absolute atomic E-state index is 6.17. The first kappa shape index (κ1) is 16.5. The van der Waals surface area contributed by atoms with Crippen LogP contribution in [-0.4, -0.2) is 23.1 Å². The molecule has 1 aliphatic carbocycles. The van der Waals surface area contributed by atoms with Crippen LogP contribution in [0, 0.1) is 5.41 Å². The fourth-order valence-electron chi connectivity index (χ4n) is 3.14. The lowest BCUT2D eigenvalue weighted by atomic mass is 9.70. The zero-order valence-electron chi connectivity index (χ0n) is 14.1. The molecule has 0 aliphatic heterocycles. The van der Waals surface area contributed by atoms with Crippen LogP contribution in [0.1, 0.15) is 71.3 Å². The highest BCUT2D eigenvalue weighted by Crippen LogP contribution is 2.46. The molecule has 0 aromatic carbocycles. The Kier molecular flexibility index (Phi) is 5.44. The number of hydrogen-bond donors (Lipinski definition) is 2. The molecule has 4 heteroatoms. The van der Waals surface area contributed by atoms with Gasteiger partial charge in [0.15, 0.2) is 0 Å². The number of rotatable bonds is 7. The molecule has 0 radical (unpaired) electrons. The molecule has 1 aromatic rings. The molecule has 0 atom stereocenters. The highest BCUT2D eigenvalue weighted by molar-refractivity contribution is 5.11. The molecule has 1 fully saturated rings. The van der Waals surface area contributed by atoms with Gasteiger partial charge in [-0.2, -0.15) is 0 Å². The average Bonchev–Trinajstić information content (AvgIpc) is 2.91. The number of H-pyrrole nitrogens is 1. The van der Waals surface area contributed by atoms with E-state index < -0.39 is 0 Å². The van der Waals surface area contributed by atoms with Crippen LogP contribution < -0.4 is 5.32 Å². The summed E-state index contributed by atoms with van der Waals surface area (Å²) >= 11 is 0. The van der Waals surface area contributed by atoms with Gasteiger partial charge in [-0.1, -0.05) is 20.8 Å². The van der Waals surface area contributed by atoms with Gasteiger partial charge in [0.05, 0.1) is 0 Å². The number of nitrogens with one attached hydrogen (secondary N) is 2. The third kappa shape index (κ3) is 4.07. The Morgan fingerprint density at radius 3 is 2.57 bits per heavy atom. The zero-order valence-corrected chi connectivity index (χ0v) is 14.1. The fourth-order valence-corrected chi connectivity index (χ4v) is 3.14. The highest BCUT2D eigenvalue weighted by atomic mass is 16.5. The van der Waals surface area contributed by atoms with Gasteiger partial charge in [-0.05, 0) is 51.0 Å². The van der Waals surface area contributed by atoms with E-state index in [0.717, 1.165) is 50.5 Å². The van der Waals surface area contributed by atoms with Gasteiger partial charge in [-0.15, -0.1) is 0 Å². The lowest BCUT2D eigenvalue weighted by Gasteiger charge is -2.42. The molecule has 4 nitrogen and oxygen atoms in total. The van der Waals surface area contributed by atoms with Gasteiger partial charge in [0.25, 0.3) is 0 Å². The summed E-state index contributed by atoms with van der Waals surface area (Å²) in [5.41, 5.74) is 1.38. The summed E-state index contributed by atoms with van der Waals surface area (Å²) in [7, 11) is 0. The number of imidazole rings is 1. The summed E-state index contributed by atoms with van der Waals surface area (Å²) in [5.74, 6) is 1.02. The standard InChI is InChI=1S/C17H31N3O/c1-5-11-18-12-14-13-19-15(20-14)17(21-6-2)9-7-16(3,4)8-10-17/h13,18H,5-12H2,1-4H3,(H,19,20). The van der Waals surface area contributed by atoms with Crippen LogP contribution in [0.3, 0.4) is 0 Å². The van der Waals surface area contributed by atoms with Crippen LogP contribution in [-0.2, 0) is 16.9 Å². The van der Waals surface area contributed by atoms with Crippen LogP contribution in [0.25, 0.3) is 0 Å². The molecule has 21 heavy (non-hydrogen) atoms. The van der Waals surface area contributed by atoms with Crippen molar-refractivity contribution in [2.75, 3.05) is 13.2 Å². The first-order chi connectivity index (χ1) is 10.0. The minimum absolute atomic E-state index is 0.201. The Morgan fingerprint density at radius 2 is 1.95 bits per heavy atom. The van der Waals surface area contributed by atoms with E-state index in [1.54, 1.807) is 0 Å². The van der Waals surface area contributed by atoms with Crippen LogP contribution in [0.15, 0.2) is 6.20 Å². The van der Waals surface area contributed by atoms with Gasteiger partial charge in [-0.3, -0.25) is 0 Å². The topological polar surface area (TPSA) is 49.9 Å². The SMILES string of the molecule is CCCNCc1cnc(C2(OCC)CCC(C)(C)CC2)[nH]1. The van der Waals surface area contributed by atoms with E-state index in [2.05, 4.69) is 43.0 Å². The predicted octanol–water partition coefficient (Wildman–Crippen LogP) is 3.74. The van der Waals surface area contributed by atoms with Crippen LogP contribution in [0.2, 0.25) is 0 Å². The third-order valence-corrected chi connectivity index (χ3v) is 4.63. The molecule has 0 amide bonds. The van der Waals surface area contributed by atoms with Gasteiger partial charge < -0.3 is 15.0 Å². The second-order valence-corrected chi connectivity index (χ2v) is 7.03. The Labute approximate surface area is 129 Å². The first-order valence-corrected chi connectivity index (χ1v) is 8.40. The molecule has 1 aliphatic rings. The second kappa shape index (κ2) is 6.93. The highest BCUT2D eigenvalue weighted by Gasteiger charge is 2.42. The van der Waals surface area contributed by atoms with Gasteiger partial charge in [0.1, 0.15) is 11.4 Å². The van der Waals surface area contributed by atoms with Crippen molar-refractivity contribution in [3.8, 4) is 0 Å². The Balaban J connectivity index is 2.08. The van der Waals surface area contributed by atoms with Crippen molar-refractivity contribution in [1.82, 2.24) is 15.3 Å². The average molecular weight is 293 g/mol. The fraction of sp³-hybridized carbons (Fsp3) is 0.824. The van der Waals surface area contributed by atoms with Crippen LogP contribution in [0.4, 0.5) is 0 Å². The minimum Gasteiger partial charge on any atom is -0.367 e. The van der Waals surface area contributed by atoms with Crippen molar-refractivity contribution in [3.05, 3.63) is 17.7 Å². The third-order valence-electron chi connectivity index (χ3n) is 4.63.